The van der Waals surface area contributed by atoms with Gasteiger partial charge in [-0.15, -0.1) is 0 Å². The molecule has 1 aliphatic heterocycles. The maximum Gasteiger partial charge on any atom is 0.179 e. The minimum absolute atomic E-state index is 0.0146. The lowest BCUT2D eigenvalue weighted by Gasteiger charge is -2.45. The maximum absolute atomic E-state index is 12.6. The summed E-state index contributed by atoms with van der Waals surface area (Å²) in [7, 11) is 0. The molecule has 3 nitrogen and oxygen atoms in total. The summed E-state index contributed by atoms with van der Waals surface area (Å²) in [6.07, 6.45) is 5.30. The van der Waals surface area contributed by atoms with Crippen molar-refractivity contribution in [2.75, 3.05) is 0 Å². The van der Waals surface area contributed by atoms with E-state index in [0.29, 0.717) is 0 Å². The van der Waals surface area contributed by atoms with E-state index in [-0.39, 0.29) is 11.5 Å². The molecule has 2 aliphatic carbocycles. The van der Waals surface area contributed by atoms with E-state index in [1.165, 1.54) is 0 Å². The average molecular weight is 553 g/mol. The van der Waals surface area contributed by atoms with E-state index < -0.39 is 5.41 Å². The molecule has 0 saturated carbocycles. The van der Waals surface area contributed by atoms with Crippen LogP contribution in [0.1, 0.15) is 38.9 Å². The molecule has 3 heteroatoms. The second-order valence-electron chi connectivity index (χ2n) is 11.4. The Labute approximate surface area is 248 Å². The number of carbonyl (C=O) groups excluding carboxylic acids is 1. The zero-order valence-corrected chi connectivity index (χ0v) is 23.0. The first-order chi connectivity index (χ1) is 21.1. The van der Waals surface area contributed by atoms with Crippen LogP contribution in [0.25, 0.3) is 28.5 Å². The summed E-state index contributed by atoms with van der Waals surface area (Å²) in [6, 6.07) is 41.6. The van der Waals surface area contributed by atoms with E-state index in [9.17, 15) is 9.90 Å². The molecule has 1 N–H and O–H groups in total. The summed E-state index contributed by atoms with van der Waals surface area (Å²) in [5.41, 5.74) is 7.94. The van der Waals surface area contributed by atoms with E-state index in [2.05, 4.69) is 72.8 Å². The molecule has 9 rings (SSSR count). The number of benzene rings is 6. The lowest BCUT2D eigenvalue weighted by Crippen LogP contribution is -2.44. The number of allylic oxidation sites excluding steroid dienone is 1. The number of rotatable bonds is 1. The highest BCUT2D eigenvalue weighted by Crippen LogP contribution is 2.57. The summed E-state index contributed by atoms with van der Waals surface area (Å²) in [5, 5.41) is 14.6. The fourth-order valence-corrected chi connectivity index (χ4v) is 7.38. The smallest absolute Gasteiger partial charge is 0.179 e. The lowest BCUT2D eigenvalue weighted by molar-refractivity contribution is -0.109. The number of aromatic hydroxyl groups is 1. The van der Waals surface area contributed by atoms with Crippen molar-refractivity contribution in [1.29, 1.82) is 0 Å². The zero-order chi connectivity index (χ0) is 28.7. The molecular formula is C40H24O3. The number of ether oxygens (including phenoxy) is 1. The van der Waals surface area contributed by atoms with Gasteiger partial charge in [0.1, 0.15) is 17.2 Å². The van der Waals surface area contributed by atoms with Crippen LogP contribution in [0.5, 0.6) is 17.2 Å². The van der Waals surface area contributed by atoms with E-state index in [1.807, 2.05) is 48.5 Å². The van der Waals surface area contributed by atoms with Gasteiger partial charge >= 0.3 is 0 Å². The molecule has 3 aliphatic rings. The summed E-state index contributed by atoms with van der Waals surface area (Å²) >= 11 is 0. The number of para-hydroxylation sites is 2. The monoisotopic (exact) mass is 552 g/mol. The highest BCUT2D eigenvalue weighted by molar-refractivity contribution is 6.16. The first-order valence-corrected chi connectivity index (χ1v) is 14.4. The Hall–Kier alpha value is -5.67. The Morgan fingerprint density at radius 3 is 2.09 bits per heavy atom. The van der Waals surface area contributed by atoms with Crippen molar-refractivity contribution >= 4 is 34.3 Å². The van der Waals surface area contributed by atoms with Crippen LogP contribution in [0.4, 0.5) is 0 Å². The van der Waals surface area contributed by atoms with Crippen LogP contribution >= 0.6 is 0 Å². The fraction of sp³-hybridized carbons (Fsp3) is 0.0250. The van der Waals surface area contributed by atoms with Crippen molar-refractivity contribution in [3.05, 3.63) is 177 Å². The molecule has 0 bridgehead atoms. The largest absolute Gasteiger partial charge is 0.508 e. The second-order valence-corrected chi connectivity index (χ2v) is 11.4. The van der Waals surface area contributed by atoms with Gasteiger partial charge in [0.2, 0.25) is 0 Å². The zero-order valence-electron chi connectivity index (χ0n) is 23.0. The molecule has 0 aromatic heterocycles. The standard InChI is InChI=1S/C40H24O3/c41-29-16-14-25-20-31-35(22-27(25)18-29)40(33-10-4-6-12-37(33)43-38-13-7-5-11-34(38)40)36-23-28-19-30(42)17-15-26(28)21-32(36)39(31)24-8-2-1-3-9-24/h1-23,41H. The van der Waals surface area contributed by atoms with Gasteiger partial charge < -0.3 is 9.84 Å². The molecule has 0 unspecified atom stereocenters. The Balaban J connectivity index is 1.59. The summed E-state index contributed by atoms with van der Waals surface area (Å²) < 4.78 is 6.56. The second kappa shape index (κ2) is 8.67. The number of hydrogen-bond acceptors (Lipinski definition) is 3. The van der Waals surface area contributed by atoms with Crippen molar-refractivity contribution in [2.45, 2.75) is 5.41 Å². The number of carbonyl (C=O) groups is 1. The third-order valence-corrected chi connectivity index (χ3v) is 9.12. The van der Waals surface area contributed by atoms with Gasteiger partial charge in [0, 0.05) is 11.1 Å². The van der Waals surface area contributed by atoms with Crippen LogP contribution < -0.4 is 15.2 Å². The third-order valence-electron chi connectivity index (χ3n) is 9.12. The van der Waals surface area contributed by atoms with Crippen molar-refractivity contribution in [3.8, 4) is 17.2 Å². The summed E-state index contributed by atoms with van der Waals surface area (Å²) in [5.74, 6) is 1.82. The number of phenolic OH excluding ortho intramolecular Hbond substituents is 1. The van der Waals surface area contributed by atoms with Crippen molar-refractivity contribution in [2.24, 2.45) is 0 Å². The van der Waals surface area contributed by atoms with E-state index >= 15 is 0 Å². The first kappa shape index (κ1) is 24.0. The fourth-order valence-electron chi connectivity index (χ4n) is 7.38. The van der Waals surface area contributed by atoms with Gasteiger partial charge in [-0.1, -0.05) is 78.9 Å². The van der Waals surface area contributed by atoms with Gasteiger partial charge in [-0.2, -0.15) is 0 Å². The van der Waals surface area contributed by atoms with E-state index in [1.54, 1.807) is 18.2 Å². The average Bonchev–Trinajstić information content (AvgIpc) is 3.04. The molecule has 0 radical (unpaired) electrons. The van der Waals surface area contributed by atoms with E-state index in [4.69, 9.17) is 4.74 Å². The number of ketones is 1. The summed E-state index contributed by atoms with van der Waals surface area (Å²) in [6.45, 7) is 0. The number of phenols is 1. The molecule has 0 atom stereocenters. The topological polar surface area (TPSA) is 46.5 Å². The molecule has 0 saturated heterocycles. The third kappa shape index (κ3) is 3.28. The minimum atomic E-state index is -0.749. The molecular weight excluding hydrogens is 528 g/mol. The van der Waals surface area contributed by atoms with Crippen molar-refractivity contribution < 1.29 is 14.6 Å². The Bertz CT molecular complexity index is 2300. The van der Waals surface area contributed by atoms with Crippen LogP contribution in [0.3, 0.4) is 0 Å². The maximum atomic E-state index is 12.6. The van der Waals surface area contributed by atoms with E-state index in [0.717, 1.165) is 77.2 Å². The molecule has 1 spiro atoms. The predicted molar refractivity (Wildman–Crippen MR) is 170 cm³/mol. The molecule has 0 amide bonds. The van der Waals surface area contributed by atoms with Gasteiger partial charge in [0.05, 0.1) is 5.41 Å². The van der Waals surface area contributed by atoms with Crippen LogP contribution in [-0.2, 0) is 10.2 Å². The van der Waals surface area contributed by atoms with Gasteiger partial charge in [-0.05, 0) is 115 Å². The first-order valence-electron chi connectivity index (χ1n) is 14.4. The lowest BCUT2D eigenvalue weighted by atomic mass is 9.58. The molecule has 202 valence electrons. The summed E-state index contributed by atoms with van der Waals surface area (Å²) in [4.78, 5) is 12.6. The van der Waals surface area contributed by atoms with Crippen molar-refractivity contribution in [3.63, 3.8) is 0 Å². The molecule has 1 heterocycles. The molecule has 43 heavy (non-hydrogen) atoms. The van der Waals surface area contributed by atoms with Gasteiger partial charge in [-0.3, -0.25) is 4.79 Å². The van der Waals surface area contributed by atoms with Crippen LogP contribution in [0.15, 0.2) is 127 Å². The highest BCUT2D eigenvalue weighted by Gasteiger charge is 2.49. The van der Waals surface area contributed by atoms with Crippen LogP contribution in [-0.4, -0.2) is 10.9 Å². The van der Waals surface area contributed by atoms with Crippen molar-refractivity contribution in [1.82, 2.24) is 0 Å². The van der Waals surface area contributed by atoms with Crippen LogP contribution in [0.2, 0.25) is 0 Å². The minimum Gasteiger partial charge on any atom is -0.508 e. The Morgan fingerprint density at radius 2 is 1.33 bits per heavy atom. The van der Waals surface area contributed by atoms with Crippen LogP contribution in [0, 0.1) is 0 Å². The Morgan fingerprint density at radius 1 is 0.605 bits per heavy atom. The molecule has 6 aromatic rings. The highest BCUT2D eigenvalue weighted by atomic mass is 16.5. The normalized spacial score (nSPS) is 15.1. The quantitative estimate of drug-likeness (QED) is 0.239. The molecule has 0 fully saturated rings. The molecule has 6 aromatic carbocycles. The van der Waals surface area contributed by atoms with Gasteiger partial charge in [0.15, 0.2) is 5.78 Å². The van der Waals surface area contributed by atoms with Gasteiger partial charge in [0.25, 0.3) is 0 Å². The SMILES string of the molecule is O=C1C=Cc2cc3c(cc2=C1)C1(c2ccccc2Oc2ccccc21)c1cc2cc(O)ccc2cc1C=3c1ccccc1. The Kier molecular flexibility index (Phi) is 4.83. The predicted octanol–water partition coefficient (Wildman–Crippen LogP) is 6.97. The van der Waals surface area contributed by atoms with Gasteiger partial charge in [-0.25, -0.2) is 0 Å². The number of hydrogen-bond donors (Lipinski definition) is 1. The number of fused-ring (bicyclic) bond motifs is 10.